The summed E-state index contributed by atoms with van der Waals surface area (Å²) in [7, 11) is 1.16. The van der Waals surface area contributed by atoms with E-state index in [-0.39, 0.29) is 16.9 Å². The van der Waals surface area contributed by atoms with Crippen molar-refractivity contribution in [3.05, 3.63) is 36.2 Å². The van der Waals surface area contributed by atoms with E-state index in [0.29, 0.717) is 4.90 Å². The van der Waals surface area contributed by atoms with Gasteiger partial charge in [0.05, 0.1) is 5.69 Å². The first-order chi connectivity index (χ1) is 14.4. The number of aliphatic hydroxyl groups excluding tert-OH is 3. The maximum atomic E-state index is 14.0. The number of carbonyl (C=O) groups is 2. The predicted octanol–water partition coefficient (Wildman–Crippen LogP) is 1.05. The number of anilines is 1. The first-order valence-corrected chi connectivity index (χ1v) is 10.7. The number of allylic oxidation sites excluding steroid dienone is 1. The molecule has 1 aliphatic rings. The van der Waals surface area contributed by atoms with Crippen molar-refractivity contribution < 1.29 is 34.0 Å². The number of ether oxygens (including phenoxy) is 1. The van der Waals surface area contributed by atoms with Crippen molar-refractivity contribution in [2.45, 2.75) is 56.1 Å². The molecule has 1 aromatic carbocycles. The number of rotatable bonds is 7. The van der Waals surface area contributed by atoms with Crippen molar-refractivity contribution in [3.63, 3.8) is 0 Å². The molecule has 0 saturated heterocycles. The van der Waals surface area contributed by atoms with Crippen molar-refractivity contribution in [2.24, 2.45) is 5.41 Å². The second-order valence-corrected chi connectivity index (χ2v) is 9.39. The van der Waals surface area contributed by atoms with Gasteiger partial charge in [-0.15, -0.1) is 11.8 Å². The minimum Gasteiger partial charge on any atom is -0.387 e. The van der Waals surface area contributed by atoms with Gasteiger partial charge in [-0.05, 0) is 17.5 Å². The number of hydrogen-bond acceptors (Lipinski definition) is 7. The molecule has 0 radical (unpaired) electrons. The summed E-state index contributed by atoms with van der Waals surface area (Å²) in [5.41, 5.74) is -0.215. The third-order valence-electron chi connectivity index (χ3n) is 4.58. The zero-order valence-electron chi connectivity index (χ0n) is 17.8. The van der Waals surface area contributed by atoms with Crippen LogP contribution in [0.1, 0.15) is 20.8 Å². The highest BCUT2D eigenvalue weighted by Gasteiger charge is 2.37. The lowest BCUT2D eigenvalue weighted by atomic mass is 9.94. The lowest BCUT2D eigenvalue weighted by molar-refractivity contribution is -0.150. The fourth-order valence-corrected chi connectivity index (χ4v) is 3.90. The quantitative estimate of drug-likeness (QED) is 0.388. The number of benzene rings is 1. The number of fused-ring (bicyclic) bond motifs is 1. The van der Waals surface area contributed by atoms with Crippen LogP contribution < -0.4 is 10.6 Å². The molecule has 172 valence electrons. The molecule has 0 unspecified atom stereocenters. The van der Waals surface area contributed by atoms with E-state index in [1.807, 2.05) is 20.8 Å². The second-order valence-electron chi connectivity index (χ2n) is 8.33. The Morgan fingerprint density at radius 2 is 2.00 bits per heavy atom. The SMILES string of the molecule is CO[C@@H](C(=O)N[C@H]1CSc2cccc(F)c2NC1=O)[C@H](O)[C@@H](O)[C@H](O)C=CC(C)(C)C. The van der Waals surface area contributed by atoms with Crippen LogP contribution in [-0.2, 0) is 14.3 Å². The van der Waals surface area contributed by atoms with E-state index >= 15 is 0 Å². The molecule has 10 heteroatoms. The summed E-state index contributed by atoms with van der Waals surface area (Å²) in [6, 6.07) is 3.36. The summed E-state index contributed by atoms with van der Waals surface area (Å²) < 4.78 is 19.0. The molecule has 2 amide bonds. The van der Waals surface area contributed by atoms with Gasteiger partial charge in [0.15, 0.2) is 6.10 Å². The highest BCUT2D eigenvalue weighted by atomic mass is 32.2. The van der Waals surface area contributed by atoms with Crippen LogP contribution in [0, 0.1) is 11.2 Å². The monoisotopic (exact) mass is 456 g/mol. The first kappa shape index (κ1) is 25.3. The molecule has 1 aliphatic heterocycles. The maximum absolute atomic E-state index is 14.0. The van der Waals surface area contributed by atoms with E-state index in [0.717, 1.165) is 7.11 Å². The Morgan fingerprint density at radius 1 is 1.32 bits per heavy atom. The molecule has 0 saturated carbocycles. The molecule has 8 nitrogen and oxygen atoms in total. The van der Waals surface area contributed by atoms with Crippen LogP contribution in [0.15, 0.2) is 35.2 Å². The minimum atomic E-state index is -1.76. The lowest BCUT2D eigenvalue weighted by Gasteiger charge is -2.28. The molecule has 0 fully saturated rings. The molecular weight excluding hydrogens is 427 g/mol. The van der Waals surface area contributed by atoms with Gasteiger partial charge in [0, 0.05) is 17.8 Å². The molecule has 5 N–H and O–H groups in total. The molecule has 2 rings (SSSR count). The van der Waals surface area contributed by atoms with Crippen LogP contribution in [0.2, 0.25) is 0 Å². The Morgan fingerprint density at radius 3 is 2.61 bits per heavy atom. The number of methoxy groups -OCH3 is 1. The van der Waals surface area contributed by atoms with Gasteiger partial charge >= 0.3 is 0 Å². The topological polar surface area (TPSA) is 128 Å². The minimum absolute atomic E-state index is 0.0433. The van der Waals surface area contributed by atoms with Crippen LogP contribution in [0.3, 0.4) is 0 Å². The number of carbonyl (C=O) groups excluding carboxylic acids is 2. The summed E-state index contributed by atoms with van der Waals surface area (Å²) in [6.07, 6.45) is -3.45. The van der Waals surface area contributed by atoms with Crippen LogP contribution in [-0.4, -0.2) is 70.5 Å². The fourth-order valence-electron chi connectivity index (χ4n) is 2.85. The summed E-state index contributed by atoms with van der Waals surface area (Å²) in [5.74, 6) is -1.94. The van der Waals surface area contributed by atoms with Gasteiger partial charge in [-0.1, -0.05) is 39.0 Å². The van der Waals surface area contributed by atoms with Crippen molar-refractivity contribution in [1.82, 2.24) is 5.32 Å². The number of hydrogen-bond donors (Lipinski definition) is 5. The van der Waals surface area contributed by atoms with Crippen molar-refractivity contribution in [1.29, 1.82) is 0 Å². The van der Waals surface area contributed by atoms with E-state index in [9.17, 15) is 29.3 Å². The third kappa shape index (κ3) is 6.75. The fraction of sp³-hybridized carbons (Fsp3) is 0.524. The van der Waals surface area contributed by atoms with Crippen LogP contribution in [0.5, 0.6) is 0 Å². The van der Waals surface area contributed by atoms with E-state index in [4.69, 9.17) is 4.74 Å². The van der Waals surface area contributed by atoms with E-state index in [1.165, 1.54) is 30.0 Å². The zero-order chi connectivity index (χ0) is 23.3. The van der Waals surface area contributed by atoms with Gasteiger partial charge in [0.2, 0.25) is 5.91 Å². The van der Waals surface area contributed by atoms with Crippen molar-refractivity contribution in [2.75, 3.05) is 18.2 Å². The highest BCUT2D eigenvalue weighted by molar-refractivity contribution is 7.99. The third-order valence-corrected chi connectivity index (χ3v) is 5.73. The Hall–Kier alpha value is -1.98. The van der Waals surface area contributed by atoms with E-state index in [2.05, 4.69) is 10.6 Å². The molecule has 0 aromatic heterocycles. The Balaban J connectivity index is 2.06. The first-order valence-electron chi connectivity index (χ1n) is 9.73. The largest absolute Gasteiger partial charge is 0.387 e. The Bertz CT molecular complexity index is 829. The van der Waals surface area contributed by atoms with Gasteiger partial charge in [-0.25, -0.2) is 4.39 Å². The second kappa shape index (κ2) is 10.6. The standard InChI is InChI=1S/C21H29FN2O6S/c1-21(2,3)9-8-13(25)16(26)17(27)18(30-4)20(29)23-12-10-31-14-7-5-6-11(22)15(14)24-19(12)28/h5-9,12-13,16-18,25-27H,10H2,1-4H3,(H,23,29)(H,24,28)/t12-,13+,16-,17+,18+/m0/s1. The molecule has 0 aliphatic carbocycles. The van der Waals surface area contributed by atoms with E-state index in [1.54, 1.807) is 12.1 Å². The predicted molar refractivity (Wildman–Crippen MR) is 115 cm³/mol. The normalized spacial score (nSPS) is 20.9. The number of aliphatic hydroxyl groups is 3. The summed E-state index contributed by atoms with van der Waals surface area (Å²) >= 11 is 1.19. The Labute approximate surface area is 184 Å². The molecule has 0 bridgehead atoms. The molecule has 1 heterocycles. The number of thioether (sulfide) groups is 1. The number of amides is 2. The summed E-state index contributed by atoms with van der Waals surface area (Å²) in [6.45, 7) is 5.68. The van der Waals surface area contributed by atoms with Crippen molar-refractivity contribution >= 4 is 29.3 Å². The number of halogens is 1. The zero-order valence-corrected chi connectivity index (χ0v) is 18.6. The number of nitrogens with one attached hydrogen (secondary N) is 2. The average Bonchev–Trinajstić information content (AvgIpc) is 2.85. The van der Waals surface area contributed by atoms with Gasteiger partial charge in [0.25, 0.3) is 5.91 Å². The van der Waals surface area contributed by atoms with Gasteiger partial charge in [-0.3, -0.25) is 9.59 Å². The van der Waals surface area contributed by atoms with Crippen molar-refractivity contribution in [3.8, 4) is 0 Å². The molecule has 0 spiro atoms. The molecule has 5 atom stereocenters. The van der Waals surface area contributed by atoms with Crippen LogP contribution in [0.25, 0.3) is 0 Å². The molecular formula is C21H29FN2O6S. The van der Waals surface area contributed by atoms with Gasteiger partial charge < -0.3 is 30.7 Å². The van der Waals surface area contributed by atoms with Gasteiger partial charge in [-0.2, -0.15) is 0 Å². The molecule has 1 aromatic rings. The van der Waals surface area contributed by atoms with E-state index < -0.39 is 48.1 Å². The van der Waals surface area contributed by atoms with Crippen LogP contribution >= 0.6 is 11.8 Å². The summed E-state index contributed by atoms with van der Waals surface area (Å²) in [5, 5.41) is 35.7. The maximum Gasteiger partial charge on any atom is 0.252 e. The van der Waals surface area contributed by atoms with Gasteiger partial charge in [0.1, 0.15) is 30.2 Å². The lowest BCUT2D eigenvalue weighted by Crippen LogP contribution is -2.55. The Kier molecular flexibility index (Phi) is 8.61. The van der Waals surface area contributed by atoms with Crippen LogP contribution in [0.4, 0.5) is 10.1 Å². The smallest absolute Gasteiger partial charge is 0.252 e. The number of para-hydroxylation sites is 1. The highest BCUT2D eigenvalue weighted by Crippen LogP contribution is 2.32. The molecule has 31 heavy (non-hydrogen) atoms. The summed E-state index contributed by atoms with van der Waals surface area (Å²) in [4.78, 5) is 25.6. The average molecular weight is 457 g/mol.